The number of nitrogens with one attached hydrogen (secondary N) is 1. The molecular formula is C12H17BrN2O2S. The molecule has 0 aromatic heterocycles. The van der Waals surface area contributed by atoms with Gasteiger partial charge in [-0.25, -0.2) is 4.72 Å². The number of rotatable bonds is 5. The second kappa shape index (κ2) is 6.14. The zero-order chi connectivity index (χ0) is 13.0. The Morgan fingerprint density at radius 2 is 1.89 bits per heavy atom. The van der Waals surface area contributed by atoms with Gasteiger partial charge in [-0.2, -0.15) is 12.7 Å². The Morgan fingerprint density at radius 3 is 2.56 bits per heavy atom. The van der Waals surface area contributed by atoms with E-state index in [2.05, 4.69) is 20.7 Å². The molecule has 18 heavy (non-hydrogen) atoms. The summed E-state index contributed by atoms with van der Waals surface area (Å²) in [6, 6.07) is 7.86. The summed E-state index contributed by atoms with van der Waals surface area (Å²) in [7, 11) is -3.27. The maximum atomic E-state index is 11.9. The molecule has 0 radical (unpaired) electrons. The van der Waals surface area contributed by atoms with Crippen molar-refractivity contribution in [2.24, 2.45) is 0 Å². The summed E-state index contributed by atoms with van der Waals surface area (Å²) in [5.41, 5.74) is 1.11. The Hall–Kier alpha value is -0.430. The third kappa shape index (κ3) is 3.54. The third-order valence-electron chi connectivity index (χ3n) is 3.04. The molecule has 1 aromatic rings. The first-order valence-electron chi connectivity index (χ1n) is 6.08. The van der Waals surface area contributed by atoms with Crippen molar-refractivity contribution in [3.8, 4) is 0 Å². The molecule has 0 bridgehead atoms. The lowest BCUT2D eigenvalue weighted by Crippen LogP contribution is -2.39. The second-order valence-electron chi connectivity index (χ2n) is 4.35. The molecule has 0 unspecified atom stereocenters. The summed E-state index contributed by atoms with van der Waals surface area (Å²) in [4.78, 5) is 0. The van der Waals surface area contributed by atoms with Gasteiger partial charge in [0.25, 0.3) is 10.2 Å². The maximum absolute atomic E-state index is 11.9. The molecule has 0 atom stereocenters. The topological polar surface area (TPSA) is 49.4 Å². The molecule has 6 heteroatoms. The summed E-state index contributed by atoms with van der Waals surface area (Å²) in [6.07, 6.45) is 2.62. The normalized spacial score (nSPS) is 17.2. The van der Waals surface area contributed by atoms with Crippen molar-refractivity contribution in [3.63, 3.8) is 0 Å². The molecule has 1 aromatic carbocycles. The van der Waals surface area contributed by atoms with Gasteiger partial charge < -0.3 is 0 Å². The van der Waals surface area contributed by atoms with E-state index in [-0.39, 0.29) is 0 Å². The Labute approximate surface area is 117 Å². The van der Waals surface area contributed by atoms with Crippen LogP contribution in [0.3, 0.4) is 0 Å². The summed E-state index contributed by atoms with van der Waals surface area (Å²) in [6.45, 7) is 1.72. The SMILES string of the molecule is O=S(=O)(NCCc1ccccc1Br)N1CCCC1. The van der Waals surface area contributed by atoms with Crippen molar-refractivity contribution in [2.45, 2.75) is 19.3 Å². The van der Waals surface area contributed by atoms with Crippen LogP contribution < -0.4 is 4.72 Å². The van der Waals surface area contributed by atoms with Crippen molar-refractivity contribution >= 4 is 26.1 Å². The van der Waals surface area contributed by atoms with Gasteiger partial charge in [0.15, 0.2) is 0 Å². The highest BCUT2D eigenvalue weighted by Crippen LogP contribution is 2.16. The van der Waals surface area contributed by atoms with Crippen molar-refractivity contribution in [3.05, 3.63) is 34.3 Å². The summed E-state index contributed by atoms with van der Waals surface area (Å²) < 4.78 is 29.0. The molecule has 4 nitrogen and oxygen atoms in total. The Bertz CT molecular complexity index is 499. The lowest BCUT2D eigenvalue weighted by Gasteiger charge is -2.16. The van der Waals surface area contributed by atoms with Gasteiger partial charge in [-0.1, -0.05) is 34.1 Å². The lowest BCUT2D eigenvalue weighted by molar-refractivity contribution is 0.465. The molecule has 1 N–H and O–H groups in total. The largest absolute Gasteiger partial charge is 0.279 e. The molecule has 2 rings (SSSR count). The highest BCUT2D eigenvalue weighted by atomic mass is 79.9. The van der Waals surface area contributed by atoms with Gasteiger partial charge in [0.2, 0.25) is 0 Å². The van der Waals surface area contributed by atoms with Gasteiger partial charge in [-0.15, -0.1) is 0 Å². The molecule has 1 aliphatic heterocycles. The van der Waals surface area contributed by atoms with E-state index in [0.29, 0.717) is 26.1 Å². The number of benzene rings is 1. The average molecular weight is 333 g/mol. The van der Waals surface area contributed by atoms with Crippen LogP contribution in [0.4, 0.5) is 0 Å². The molecule has 0 spiro atoms. The first-order valence-corrected chi connectivity index (χ1v) is 8.31. The number of hydrogen-bond acceptors (Lipinski definition) is 2. The van der Waals surface area contributed by atoms with E-state index in [4.69, 9.17) is 0 Å². The van der Waals surface area contributed by atoms with Crippen LogP contribution in [0.25, 0.3) is 0 Å². The molecule has 1 heterocycles. The van der Waals surface area contributed by atoms with Gasteiger partial charge in [-0.3, -0.25) is 0 Å². The van der Waals surface area contributed by atoms with E-state index >= 15 is 0 Å². The first kappa shape index (κ1) is 14.0. The molecule has 1 fully saturated rings. The van der Waals surface area contributed by atoms with Gasteiger partial charge in [0, 0.05) is 24.1 Å². The molecule has 1 saturated heterocycles. The zero-order valence-corrected chi connectivity index (χ0v) is 12.5. The molecular weight excluding hydrogens is 316 g/mol. The fourth-order valence-corrected chi connectivity index (χ4v) is 3.80. The Balaban J connectivity index is 1.87. The highest BCUT2D eigenvalue weighted by Gasteiger charge is 2.24. The van der Waals surface area contributed by atoms with Crippen LogP contribution in [-0.4, -0.2) is 32.4 Å². The monoisotopic (exact) mass is 332 g/mol. The smallest absolute Gasteiger partial charge is 0.202 e. The zero-order valence-electron chi connectivity index (χ0n) is 10.1. The van der Waals surface area contributed by atoms with Gasteiger partial charge in [0.1, 0.15) is 0 Å². The Morgan fingerprint density at radius 1 is 1.22 bits per heavy atom. The van der Waals surface area contributed by atoms with Gasteiger partial charge in [0.05, 0.1) is 0 Å². The maximum Gasteiger partial charge on any atom is 0.279 e. The van der Waals surface area contributed by atoms with Gasteiger partial charge in [-0.05, 0) is 30.9 Å². The van der Waals surface area contributed by atoms with Crippen LogP contribution in [0.15, 0.2) is 28.7 Å². The second-order valence-corrected chi connectivity index (χ2v) is 6.96. The van der Waals surface area contributed by atoms with Crippen LogP contribution >= 0.6 is 15.9 Å². The third-order valence-corrected chi connectivity index (χ3v) is 5.43. The van der Waals surface area contributed by atoms with E-state index in [9.17, 15) is 8.42 Å². The standard InChI is InChI=1S/C12H17BrN2O2S/c13-12-6-2-1-5-11(12)7-8-14-18(16,17)15-9-3-4-10-15/h1-2,5-6,14H,3-4,7-10H2. The van der Waals surface area contributed by atoms with Gasteiger partial charge >= 0.3 is 0 Å². The predicted octanol–water partition coefficient (Wildman–Crippen LogP) is 1.92. The highest BCUT2D eigenvalue weighted by molar-refractivity contribution is 9.10. The number of halogens is 1. The quantitative estimate of drug-likeness (QED) is 0.895. The van der Waals surface area contributed by atoms with E-state index < -0.39 is 10.2 Å². The van der Waals surface area contributed by atoms with E-state index in [1.165, 1.54) is 4.31 Å². The summed E-state index contributed by atoms with van der Waals surface area (Å²) >= 11 is 3.46. The van der Waals surface area contributed by atoms with Crippen LogP contribution in [-0.2, 0) is 16.6 Å². The minimum Gasteiger partial charge on any atom is -0.202 e. The van der Waals surface area contributed by atoms with Crippen LogP contribution in [0.2, 0.25) is 0 Å². The van der Waals surface area contributed by atoms with Crippen LogP contribution in [0.5, 0.6) is 0 Å². The minimum atomic E-state index is -3.27. The first-order chi connectivity index (χ1) is 8.59. The molecule has 0 saturated carbocycles. The molecule has 0 amide bonds. The van der Waals surface area contributed by atoms with Crippen molar-refractivity contribution in [1.82, 2.24) is 9.03 Å². The van der Waals surface area contributed by atoms with Crippen LogP contribution in [0.1, 0.15) is 18.4 Å². The number of nitrogens with zero attached hydrogens (tertiary/aromatic N) is 1. The minimum absolute atomic E-state index is 0.432. The fourth-order valence-electron chi connectivity index (χ4n) is 2.04. The molecule has 1 aliphatic rings. The van der Waals surface area contributed by atoms with Crippen molar-refractivity contribution < 1.29 is 8.42 Å². The Kier molecular flexibility index (Phi) is 4.77. The average Bonchev–Trinajstić information content (AvgIpc) is 2.86. The molecule has 100 valence electrons. The van der Waals surface area contributed by atoms with E-state index in [1.807, 2.05) is 24.3 Å². The van der Waals surface area contributed by atoms with E-state index in [1.54, 1.807) is 0 Å². The lowest BCUT2D eigenvalue weighted by atomic mass is 10.2. The van der Waals surface area contributed by atoms with Crippen molar-refractivity contribution in [2.75, 3.05) is 19.6 Å². The number of hydrogen-bond donors (Lipinski definition) is 1. The fraction of sp³-hybridized carbons (Fsp3) is 0.500. The van der Waals surface area contributed by atoms with Crippen molar-refractivity contribution in [1.29, 1.82) is 0 Å². The summed E-state index contributed by atoms with van der Waals surface area (Å²) in [5.74, 6) is 0. The van der Waals surface area contributed by atoms with Crippen LogP contribution in [0, 0.1) is 0 Å². The molecule has 0 aliphatic carbocycles. The predicted molar refractivity (Wildman–Crippen MR) is 75.6 cm³/mol. The summed E-state index contributed by atoms with van der Waals surface area (Å²) in [5, 5.41) is 0. The van der Waals surface area contributed by atoms with E-state index in [0.717, 1.165) is 22.9 Å².